The van der Waals surface area contributed by atoms with E-state index in [4.69, 9.17) is 5.11 Å². The molecule has 2 N–H and O–H groups in total. The molecule has 1 saturated heterocycles. The van der Waals surface area contributed by atoms with Crippen molar-refractivity contribution >= 4 is 6.09 Å². The number of halogens is 3. The van der Waals surface area contributed by atoms with Crippen molar-refractivity contribution in [2.45, 2.75) is 24.9 Å². The summed E-state index contributed by atoms with van der Waals surface area (Å²) in [4.78, 5) is 13.2. The minimum absolute atomic E-state index is 0.00186. The number of hydrogen-bond acceptors (Lipinski definition) is 2. The van der Waals surface area contributed by atoms with E-state index in [9.17, 15) is 18.0 Å². The maximum Gasteiger partial charge on any atom is 0.404 e. The predicted molar refractivity (Wildman–Crippen MR) is 90.3 cm³/mol. The van der Waals surface area contributed by atoms with E-state index < -0.39 is 35.5 Å². The largest absolute Gasteiger partial charge is 0.465 e. The molecule has 0 saturated carbocycles. The lowest BCUT2D eigenvalue weighted by molar-refractivity contribution is 0.146. The highest BCUT2D eigenvalue weighted by Crippen LogP contribution is 2.32. The SMILES string of the molecule is O=C(O)N[C@@H]1CN(Cc2ccccc2)CC[C@H]1c1cc(F)c(F)cc1F. The molecule has 2 aromatic carbocycles. The van der Waals surface area contributed by atoms with Gasteiger partial charge < -0.3 is 10.4 Å². The summed E-state index contributed by atoms with van der Waals surface area (Å²) in [5, 5.41) is 11.5. The fourth-order valence-corrected chi connectivity index (χ4v) is 3.50. The Balaban J connectivity index is 1.81. The Morgan fingerprint density at radius 3 is 2.50 bits per heavy atom. The van der Waals surface area contributed by atoms with Crippen molar-refractivity contribution in [2.24, 2.45) is 0 Å². The van der Waals surface area contributed by atoms with E-state index in [0.29, 0.717) is 32.1 Å². The zero-order chi connectivity index (χ0) is 18.7. The van der Waals surface area contributed by atoms with Crippen molar-refractivity contribution in [2.75, 3.05) is 13.1 Å². The molecule has 1 aliphatic heterocycles. The van der Waals surface area contributed by atoms with E-state index in [-0.39, 0.29) is 5.56 Å². The lowest BCUT2D eigenvalue weighted by Gasteiger charge is -2.38. The zero-order valence-electron chi connectivity index (χ0n) is 14.0. The van der Waals surface area contributed by atoms with Crippen LogP contribution in [0.15, 0.2) is 42.5 Å². The highest BCUT2D eigenvalue weighted by molar-refractivity contribution is 5.65. The molecule has 0 spiro atoms. The van der Waals surface area contributed by atoms with Crippen molar-refractivity contribution in [3.8, 4) is 0 Å². The van der Waals surface area contributed by atoms with Crippen LogP contribution in [0.2, 0.25) is 0 Å². The zero-order valence-corrected chi connectivity index (χ0v) is 14.0. The first kappa shape index (κ1) is 18.3. The summed E-state index contributed by atoms with van der Waals surface area (Å²) in [5.74, 6) is -3.81. The molecule has 0 aliphatic carbocycles. The average molecular weight is 364 g/mol. The number of likely N-dealkylation sites (tertiary alicyclic amines) is 1. The second-order valence-corrected chi connectivity index (χ2v) is 6.46. The predicted octanol–water partition coefficient (Wildman–Crippen LogP) is 3.73. The van der Waals surface area contributed by atoms with Crippen molar-refractivity contribution in [3.63, 3.8) is 0 Å². The van der Waals surface area contributed by atoms with Crippen LogP contribution in [0, 0.1) is 17.5 Å². The number of piperidine rings is 1. The number of amides is 1. The lowest BCUT2D eigenvalue weighted by atomic mass is 9.84. The number of hydrogen-bond donors (Lipinski definition) is 2. The second kappa shape index (κ2) is 7.78. The monoisotopic (exact) mass is 364 g/mol. The molecule has 3 rings (SSSR count). The normalized spacial score (nSPS) is 20.7. The summed E-state index contributed by atoms with van der Waals surface area (Å²) >= 11 is 0. The number of carbonyl (C=O) groups is 1. The number of nitrogens with one attached hydrogen (secondary N) is 1. The van der Waals surface area contributed by atoms with Crippen LogP contribution in [0.1, 0.15) is 23.5 Å². The summed E-state index contributed by atoms with van der Waals surface area (Å²) in [5.41, 5.74) is 1.08. The van der Waals surface area contributed by atoms with E-state index in [1.54, 1.807) is 0 Å². The Bertz CT molecular complexity index is 786. The molecule has 4 nitrogen and oxygen atoms in total. The molecule has 26 heavy (non-hydrogen) atoms. The van der Waals surface area contributed by atoms with Gasteiger partial charge >= 0.3 is 6.09 Å². The van der Waals surface area contributed by atoms with Crippen molar-refractivity contribution < 1.29 is 23.1 Å². The van der Waals surface area contributed by atoms with Crippen LogP contribution in [0.5, 0.6) is 0 Å². The van der Waals surface area contributed by atoms with E-state index in [1.807, 2.05) is 30.3 Å². The fraction of sp³-hybridized carbons (Fsp3) is 0.316. The maximum absolute atomic E-state index is 14.2. The number of nitrogens with zero attached hydrogens (tertiary/aromatic N) is 1. The van der Waals surface area contributed by atoms with Crippen LogP contribution in [0.3, 0.4) is 0 Å². The van der Waals surface area contributed by atoms with Gasteiger partial charge in [0.1, 0.15) is 5.82 Å². The molecule has 0 aromatic heterocycles. The molecule has 1 fully saturated rings. The molecule has 1 amide bonds. The van der Waals surface area contributed by atoms with E-state index in [0.717, 1.165) is 11.6 Å². The third kappa shape index (κ3) is 4.16. The first-order chi connectivity index (χ1) is 12.4. The topological polar surface area (TPSA) is 52.6 Å². The van der Waals surface area contributed by atoms with Gasteiger partial charge in [0.2, 0.25) is 0 Å². The van der Waals surface area contributed by atoms with E-state index >= 15 is 0 Å². The molecule has 138 valence electrons. The van der Waals surface area contributed by atoms with Crippen LogP contribution in [-0.4, -0.2) is 35.2 Å². The minimum atomic E-state index is -1.25. The fourth-order valence-electron chi connectivity index (χ4n) is 3.50. The Labute approximate surface area is 149 Å². The quantitative estimate of drug-likeness (QED) is 0.813. The summed E-state index contributed by atoms with van der Waals surface area (Å²) < 4.78 is 41.0. The molecule has 0 unspecified atom stereocenters. The van der Waals surface area contributed by atoms with E-state index in [2.05, 4.69) is 10.2 Å². The highest BCUT2D eigenvalue weighted by atomic mass is 19.2. The third-order valence-electron chi connectivity index (χ3n) is 4.69. The van der Waals surface area contributed by atoms with Crippen LogP contribution >= 0.6 is 0 Å². The lowest BCUT2D eigenvalue weighted by Crippen LogP contribution is -2.51. The first-order valence-corrected chi connectivity index (χ1v) is 8.34. The van der Waals surface area contributed by atoms with Gasteiger partial charge in [-0.05, 0) is 30.2 Å². The van der Waals surface area contributed by atoms with Gasteiger partial charge in [0.25, 0.3) is 0 Å². The van der Waals surface area contributed by atoms with Crippen LogP contribution in [-0.2, 0) is 6.54 Å². The molecule has 2 atom stereocenters. The first-order valence-electron chi connectivity index (χ1n) is 8.34. The van der Waals surface area contributed by atoms with Crippen LogP contribution < -0.4 is 5.32 Å². The van der Waals surface area contributed by atoms with Gasteiger partial charge in [-0.3, -0.25) is 4.90 Å². The Morgan fingerprint density at radius 2 is 1.81 bits per heavy atom. The average Bonchev–Trinajstić information content (AvgIpc) is 2.59. The van der Waals surface area contributed by atoms with Crippen molar-refractivity contribution in [1.82, 2.24) is 10.2 Å². The van der Waals surface area contributed by atoms with Gasteiger partial charge in [0.05, 0.1) is 6.04 Å². The molecule has 0 radical (unpaired) electrons. The number of carboxylic acid groups (broad SMARTS) is 1. The standard InChI is InChI=1S/C19H19F3N2O2/c20-15-9-17(22)16(21)8-14(15)13-6-7-24(11-18(13)23-19(25)26)10-12-4-2-1-3-5-12/h1-5,8-9,13,18,23H,6-7,10-11H2,(H,25,26)/t13-,18+/m0/s1. The maximum atomic E-state index is 14.2. The summed E-state index contributed by atoms with van der Waals surface area (Å²) in [6.07, 6.45) is -0.802. The van der Waals surface area contributed by atoms with Gasteiger partial charge in [-0.15, -0.1) is 0 Å². The second-order valence-electron chi connectivity index (χ2n) is 6.46. The Kier molecular flexibility index (Phi) is 5.46. The molecule has 2 aromatic rings. The molecule has 1 heterocycles. The Morgan fingerprint density at radius 1 is 1.12 bits per heavy atom. The number of rotatable bonds is 4. The molecule has 0 bridgehead atoms. The number of benzene rings is 2. The Hall–Kier alpha value is -2.54. The van der Waals surface area contributed by atoms with E-state index in [1.165, 1.54) is 0 Å². The molecular weight excluding hydrogens is 345 g/mol. The van der Waals surface area contributed by atoms with Crippen LogP contribution in [0.4, 0.5) is 18.0 Å². The van der Waals surface area contributed by atoms with Crippen LogP contribution in [0.25, 0.3) is 0 Å². The smallest absolute Gasteiger partial charge is 0.404 e. The van der Waals surface area contributed by atoms with Gasteiger partial charge in [-0.2, -0.15) is 0 Å². The van der Waals surface area contributed by atoms with Crippen molar-refractivity contribution in [3.05, 3.63) is 71.0 Å². The highest BCUT2D eigenvalue weighted by Gasteiger charge is 2.33. The molecule has 7 heteroatoms. The molecule has 1 aliphatic rings. The molecular formula is C19H19F3N2O2. The third-order valence-corrected chi connectivity index (χ3v) is 4.69. The summed E-state index contributed by atoms with van der Waals surface area (Å²) in [6.45, 7) is 1.58. The summed E-state index contributed by atoms with van der Waals surface area (Å²) in [7, 11) is 0. The van der Waals surface area contributed by atoms with Gasteiger partial charge in [0, 0.05) is 25.1 Å². The van der Waals surface area contributed by atoms with Gasteiger partial charge in [-0.1, -0.05) is 30.3 Å². The minimum Gasteiger partial charge on any atom is -0.465 e. The van der Waals surface area contributed by atoms with Gasteiger partial charge in [0.15, 0.2) is 11.6 Å². The van der Waals surface area contributed by atoms with Gasteiger partial charge in [-0.25, -0.2) is 18.0 Å². The summed E-state index contributed by atoms with van der Waals surface area (Å²) in [6, 6.07) is 10.4. The van der Waals surface area contributed by atoms with Crippen molar-refractivity contribution in [1.29, 1.82) is 0 Å².